The second-order valence-corrected chi connectivity index (χ2v) is 17.3. The van der Waals surface area contributed by atoms with E-state index >= 15 is 0 Å². The van der Waals surface area contributed by atoms with Crippen molar-refractivity contribution in [1.29, 1.82) is 21.0 Å². The molecule has 2 aromatic heterocycles. The Morgan fingerprint density at radius 3 is 0.684 bits per heavy atom. The summed E-state index contributed by atoms with van der Waals surface area (Å²) in [5.41, 5.74) is 11.1. The van der Waals surface area contributed by atoms with E-state index in [-0.39, 0.29) is 45.8 Å². The van der Waals surface area contributed by atoms with Crippen molar-refractivity contribution in [3.63, 3.8) is 0 Å². The Bertz CT molecular complexity index is 3510. The van der Waals surface area contributed by atoms with Crippen molar-refractivity contribution in [3.8, 4) is 70.8 Å². The number of ether oxygens (including phenoxy) is 4. The van der Waals surface area contributed by atoms with Crippen molar-refractivity contribution in [3.05, 3.63) is 297 Å². The van der Waals surface area contributed by atoms with Crippen LogP contribution in [0.4, 0.5) is 0 Å². The summed E-state index contributed by atoms with van der Waals surface area (Å²) in [5, 5.41) is 41.2. The molecule has 0 saturated carbocycles. The molecule has 10 heteroatoms. The van der Waals surface area contributed by atoms with Gasteiger partial charge in [-0.15, -0.1) is 0 Å². The van der Waals surface area contributed by atoms with Crippen LogP contribution in [0.25, 0.3) is 22.3 Å². The zero-order valence-electron chi connectivity index (χ0n) is 40.3. The maximum absolute atomic E-state index is 10.3. The van der Waals surface area contributed by atoms with Crippen LogP contribution in [0.3, 0.4) is 0 Å². The summed E-state index contributed by atoms with van der Waals surface area (Å²) in [6.45, 7) is 0. The summed E-state index contributed by atoms with van der Waals surface area (Å²) < 4.78 is 25.4. The van der Waals surface area contributed by atoms with Crippen LogP contribution in [-0.4, -0.2) is 9.97 Å². The van der Waals surface area contributed by atoms with Gasteiger partial charge in [0, 0.05) is 0 Å². The maximum atomic E-state index is 10.3. The number of nitriles is 4. The fraction of sp³-hybridized carbons (Fsp3) is 0. The molecule has 0 N–H and O–H groups in total. The summed E-state index contributed by atoms with van der Waals surface area (Å²) in [5.74, 6) is 1.40. The Balaban J connectivity index is 1.10. The van der Waals surface area contributed by atoms with Gasteiger partial charge in [0.2, 0.25) is 23.5 Å². The molecule has 0 amide bonds. The van der Waals surface area contributed by atoms with Crippen molar-refractivity contribution < 1.29 is 18.9 Å². The Labute approximate surface area is 438 Å². The number of aromatic nitrogens is 2. The van der Waals surface area contributed by atoms with Crippen molar-refractivity contribution in [2.45, 2.75) is 0 Å². The number of benzene rings is 8. The summed E-state index contributed by atoms with van der Waals surface area (Å²) in [6, 6.07) is 81.6. The van der Waals surface area contributed by atoms with Crippen LogP contribution in [-0.2, 0) is 0 Å². The van der Waals surface area contributed by atoms with E-state index in [0.717, 1.165) is 66.8 Å². The molecule has 0 radical (unpaired) electrons. The van der Waals surface area contributed by atoms with Crippen molar-refractivity contribution in [2.24, 2.45) is 0 Å². The van der Waals surface area contributed by atoms with E-state index in [9.17, 15) is 21.0 Å². The third-order valence-electron chi connectivity index (χ3n) is 12.6. The fourth-order valence-corrected chi connectivity index (χ4v) is 9.04. The molecule has 7 aliphatic rings. The second kappa shape index (κ2) is 21.2. The number of hydrogen-bond acceptors (Lipinski definition) is 10. The Morgan fingerprint density at radius 1 is 0.276 bits per heavy atom. The molecule has 10 nitrogen and oxygen atoms in total. The first kappa shape index (κ1) is 47.0. The third-order valence-corrected chi connectivity index (χ3v) is 12.6. The molecule has 8 aromatic carbocycles. The second-order valence-electron chi connectivity index (χ2n) is 17.3. The number of pyridine rings is 2. The van der Waals surface area contributed by atoms with Gasteiger partial charge >= 0.3 is 0 Å². The van der Waals surface area contributed by atoms with Crippen LogP contribution in [0.2, 0.25) is 0 Å². The zero-order chi connectivity index (χ0) is 51.8. The predicted octanol–water partition coefficient (Wildman–Crippen LogP) is 15.5. The largest absolute Gasteiger partial charge is 0.438 e. The average Bonchev–Trinajstić information content (AvgIpc) is 3.49. The average molecular weight is 979 g/mol. The van der Waals surface area contributed by atoms with Crippen LogP contribution >= 0.6 is 0 Å². The van der Waals surface area contributed by atoms with Crippen LogP contribution < -0.4 is 18.9 Å². The van der Waals surface area contributed by atoms with Crippen molar-refractivity contribution >= 4 is 22.3 Å². The number of rotatable bonds is 4. The molecule has 0 saturated heterocycles. The molecule has 0 fully saturated rings. The lowest BCUT2D eigenvalue weighted by atomic mass is 9.86. The lowest BCUT2D eigenvalue weighted by Crippen LogP contribution is -2.01. The van der Waals surface area contributed by atoms with Gasteiger partial charge < -0.3 is 18.9 Å². The zero-order valence-corrected chi connectivity index (χ0v) is 40.3. The molecule has 0 aliphatic carbocycles. The van der Waals surface area contributed by atoms with Gasteiger partial charge in [-0.25, -0.2) is 0 Å². The van der Waals surface area contributed by atoms with E-state index < -0.39 is 0 Å². The first-order valence-electron chi connectivity index (χ1n) is 24.0. The molecule has 0 spiro atoms. The van der Waals surface area contributed by atoms with E-state index in [1.54, 1.807) is 48.5 Å². The normalized spacial score (nSPS) is 11.5. The SMILES string of the molecule is N#Cc1cc(C#N)c2nc1Oc1ccc(cc1)C(=C(c1ccccc1)c1ccccc1)c1ccc(cc1)Oc1nc(c(C#N)cc1C#N)Oc1ccc(cc1)C(=C(c1ccccc1)c1ccccc1)c1ccc(cc1)O2. The molecule has 7 aliphatic heterocycles. The highest BCUT2D eigenvalue weighted by atomic mass is 16.5. The van der Waals surface area contributed by atoms with E-state index in [1.165, 1.54) is 12.1 Å². The Kier molecular flexibility index (Phi) is 13.1. The summed E-state index contributed by atoms with van der Waals surface area (Å²) in [7, 11) is 0. The fourth-order valence-electron chi connectivity index (χ4n) is 9.04. The van der Waals surface area contributed by atoms with Crippen molar-refractivity contribution in [1.82, 2.24) is 9.97 Å². The minimum atomic E-state index is -0.0360. The van der Waals surface area contributed by atoms with E-state index in [0.29, 0.717) is 23.0 Å². The van der Waals surface area contributed by atoms with Gasteiger partial charge in [0.05, 0.1) is 0 Å². The summed E-state index contributed by atoms with van der Waals surface area (Å²) in [6.07, 6.45) is 0. The van der Waals surface area contributed by atoms with Crippen LogP contribution in [0, 0.1) is 45.3 Å². The molecular weight excluding hydrogens is 941 g/mol. The van der Waals surface area contributed by atoms with Gasteiger partial charge in [0.25, 0.3) is 0 Å². The molecule has 10 aromatic rings. The van der Waals surface area contributed by atoms with Crippen molar-refractivity contribution in [2.75, 3.05) is 0 Å². The van der Waals surface area contributed by atoms with Gasteiger partial charge in [0.15, 0.2) is 0 Å². The standard InChI is InChI=1S/C66H38N6O4/c67-39-51-37-53(41-69)65-71-63(51)73-55-29-21-47(22-30-55)61(59(43-13-5-1-6-14-43)44-15-7-2-8-16-44)48-23-31-56(32-24-48)74-64-52(40-68)38-54(42-70)66(72-64)76-58-35-27-50(28-36-58)62(49-25-33-57(75-65)34-26-49)60(45-17-9-3-10-18-45)46-19-11-4-12-20-46/h1-38H. The highest BCUT2D eigenvalue weighted by Crippen LogP contribution is 2.42. The van der Waals surface area contributed by atoms with Gasteiger partial charge in [-0.3, -0.25) is 0 Å². The van der Waals surface area contributed by atoms with Crippen LogP contribution in [0.15, 0.2) is 231 Å². The van der Waals surface area contributed by atoms with Gasteiger partial charge in [-0.05, 0) is 127 Å². The number of hydrogen-bond donors (Lipinski definition) is 0. The quantitative estimate of drug-likeness (QED) is 0.166. The van der Waals surface area contributed by atoms with E-state index in [2.05, 4.69) is 82.8 Å². The van der Waals surface area contributed by atoms with E-state index in [1.807, 2.05) is 121 Å². The predicted molar refractivity (Wildman–Crippen MR) is 289 cm³/mol. The highest BCUT2D eigenvalue weighted by molar-refractivity contribution is 6.05. The van der Waals surface area contributed by atoms with E-state index in [4.69, 9.17) is 18.9 Å². The minimum Gasteiger partial charge on any atom is -0.438 e. The monoisotopic (exact) mass is 978 g/mol. The topological polar surface area (TPSA) is 158 Å². The highest BCUT2D eigenvalue weighted by Gasteiger charge is 2.22. The van der Waals surface area contributed by atoms with Gasteiger partial charge in [-0.2, -0.15) is 31.0 Å². The lowest BCUT2D eigenvalue weighted by molar-refractivity contribution is 0.423. The first-order chi connectivity index (χ1) is 37.5. The maximum Gasteiger partial charge on any atom is 0.240 e. The molecule has 12 bridgehead atoms. The van der Waals surface area contributed by atoms with Gasteiger partial charge in [0.1, 0.15) is 69.5 Å². The summed E-state index contributed by atoms with van der Waals surface area (Å²) >= 11 is 0. The molecule has 0 unspecified atom stereocenters. The molecule has 356 valence electrons. The van der Waals surface area contributed by atoms with Crippen LogP contribution in [0.1, 0.15) is 66.8 Å². The minimum absolute atomic E-state index is 0.0360. The molecule has 0 atom stereocenters. The van der Waals surface area contributed by atoms with Crippen LogP contribution in [0.5, 0.6) is 46.5 Å². The molecular formula is C66H38N6O4. The smallest absolute Gasteiger partial charge is 0.240 e. The molecule has 9 heterocycles. The van der Waals surface area contributed by atoms with Gasteiger partial charge in [-0.1, -0.05) is 170 Å². The lowest BCUT2D eigenvalue weighted by Gasteiger charge is -2.19. The molecule has 76 heavy (non-hydrogen) atoms. The number of nitrogens with zero attached hydrogens (tertiary/aromatic N) is 6. The molecule has 17 rings (SSSR count). The third kappa shape index (κ3) is 9.72. The first-order valence-corrected chi connectivity index (χ1v) is 24.0. The summed E-state index contributed by atoms with van der Waals surface area (Å²) in [4.78, 5) is 9.27. The Morgan fingerprint density at radius 2 is 0.487 bits per heavy atom. The Hall–Kier alpha value is -11.3.